The zero-order valence-corrected chi connectivity index (χ0v) is 13.2. The molecular formula is C13H16N5O3P. The molecule has 8 nitrogen and oxygen atoms in total. The highest BCUT2D eigenvalue weighted by molar-refractivity contribution is 7.62. The van der Waals surface area contributed by atoms with Crippen LogP contribution in [0.1, 0.15) is 13.8 Å². The predicted octanol–water partition coefficient (Wildman–Crippen LogP) is 1.75. The number of aromatic nitrogens is 4. The van der Waals surface area contributed by atoms with Crippen molar-refractivity contribution in [2.45, 2.75) is 13.8 Å². The Bertz CT molecular complexity index is 869. The van der Waals surface area contributed by atoms with Gasteiger partial charge in [0.25, 0.3) is 0 Å². The Labute approximate surface area is 126 Å². The molecule has 0 atom stereocenters. The van der Waals surface area contributed by atoms with Gasteiger partial charge in [-0.25, -0.2) is 0 Å². The fourth-order valence-electron chi connectivity index (χ4n) is 2.22. The molecule has 0 saturated carbocycles. The van der Waals surface area contributed by atoms with E-state index in [1.807, 2.05) is 24.3 Å². The molecule has 1 aromatic carbocycles. The first-order chi connectivity index (χ1) is 10.6. The normalized spacial score (nSPS) is 12.3. The van der Waals surface area contributed by atoms with Crippen LogP contribution < -0.4 is 11.2 Å². The van der Waals surface area contributed by atoms with Crippen LogP contribution in [0.25, 0.3) is 16.6 Å². The number of fused-ring (bicyclic) bond motifs is 3. The Balaban J connectivity index is 2.25. The van der Waals surface area contributed by atoms with E-state index in [1.54, 1.807) is 13.8 Å². The van der Waals surface area contributed by atoms with Crippen molar-refractivity contribution in [2.75, 3.05) is 18.9 Å². The van der Waals surface area contributed by atoms with Crippen molar-refractivity contribution in [3.8, 4) is 0 Å². The molecule has 0 unspecified atom stereocenters. The molecule has 0 fully saturated rings. The minimum atomic E-state index is -3.62. The van der Waals surface area contributed by atoms with Gasteiger partial charge in [0.1, 0.15) is 0 Å². The number of nitrogens with zero attached hydrogens (tertiary/aromatic N) is 4. The van der Waals surface area contributed by atoms with E-state index in [1.165, 1.54) is 4.52 Å². The average Bonchev–Trinajstić information content (AvgIpc) is 2.88. The van der Waals surface area contributed by atoms with E-state index in [4.69, 9.17) is 14.8 Å². The maximum absolute atomic E-state index is 12.8. The number of hydrogen-bond donors (Lipinski definition) is 1. The molecule has 2 heterocycles. The molecule has 2 aromatic heterocycles. The molecule has 0 spiro atoms. The SMILES string of the molecule is CCOP(=O)(OCC)c1nnc2c3ccccc3nn2c1N. The summed E-state index contributed by atoms with van der Waals surface area (Å²) in [6, 6.07) is 7.45. The molecule has 0 saturated heterocycles. The Morgan fingerprint density at radius 2 is 1.86 bits per heavy atom. The monoisotopic (exact) mass is 321 g/mol. The quantitative estimate of drug-likeness (QED) is 0.714. The van der Waals surface area contributed by atoms with E-state index >= 15 is 0 Å². The molecule has 3 aromatic rings. The van der Waals surface area contributed by atoms with Gasteiger partial charge in [0.05, 0.1) is 18.7 Å². The summed E-state index contributed by atoms with van der Waals surface area (Å²) in [7, 11) is -3.62. The largest absolute Gasteiger partial charge is 0.385 e. The molecule has 0 aliphatic heterocycles. The Kier molecular flexibility index (Phi) is 3.82. The van der Waals surface area contributed by atoms with Gasteiger partial charge in [0, 0.05) is 5.39 Å². The zero-order chi connectivity index (χ0) is 15.7. The first kappa shape index (κ1) is 14.9. The third kappa shape index (κ3) is 2.25. The van der Waals surface area contributed by atoms with Crippen molar-refractivity contribution in [1.82, 2.24) is 19.8 Å². The zero-order valence-electron chi connectivity index (χ0n) is 12.3. The lowest BCUT2D eigenvalue weighted by atomic mass is 10.2. The third-order valence-corrected chi connectivity index (χ3v) is 5.14. The van der Waals surface area contributed by atoms with Crippen LogP contribution in [0.15, 0.2) is 24.3 Å². The molecular weight excluding hydrogens is 305 g/mol. The molecule has 22 heavy (non-hydrogen) atoms. The average molecular weight is 321 g/mol. The minimum absolute atomic E-state index is 0.0171. The Morgan fingerprint density at radius 3 is 2.55 bits per heavy atom. The summed E-state index contributed by atoms with van der Waals surface area (Å²) in [5.74, 6) is 0.103. The highest BCUT2D eigenvalue weighted by Crippen LogP contribution is 2.47. The van der Waals surface area contributed by atoms with E-state index in [-0.39, 0.29) is 24.5 Å². The molecule has 0 amide bonds. The number of nitrogen functional groups attached to an aromatic ring is 1. The van der Waals surface area contributed by atoms with Crippen LogP contribution in [-0.2, 0) is 13.6 Å². The smallest absolute Gasteiger partial charge is 0.381 e. The van der Waals surface area contributed by atoms with Gasteiger partial charge in [-0.2, -0.15) is 9.61 Å². The van der Waals surface area contributed by atoms with Crippen LogP contribution in [0.3, 0.4) is 0 Å². The molecule has 2 N–H and O–H groups in total. The van der Waals surface area contributed by atoms with E-state index < -0.39 is 7.60 Å². The Hall–Kier alpha value is -2.02. The molecule has 0 bridgehead atoms. The number of benzene rings is 1. The fraction of sp³-hybridized carbons (Fsp3) is 0.308. The van der Waals surface area contributed by atoms with Crippen LogP contribution in [0, 0.1) is 0 Å². The third-order valence-electron chi connectivity index (χ3n) is 3.11. The van der Waals surface area contributed by atoms with Crippen molar-refractivity contribution in [1.29, 1.82) is 0 Å². The molecule has 9 heteroatoms. The second-order valence-corrected chi connectivity index (χ2v) is 6.43. The molecule has 0 aliphatic rings. The maximum Gasteiger partial charge on any atom is 0.385 e. The van der Waals surface area contributed by atoms with E-state index in [2.05, 4.69) is 15.3 Å². The summed E-state index contributed by atoms with van der Waals surface area (Å²) < 4.78 is 24.8. The topological polar surface area (TPSA) is 105 Å². The van der Waals surface area contributed by atoms with E-state index in [0.29, 0.717) is 5.65 Å². The van der Waals surface area contributed by atoms with Crippen molar-refractivity contribution < 1.29 is 13.6 Å². The predicted molar refractivity (Wildman–Crippen MR) is 83.2 cm³/mol. The molecule has 0 aliphatic carbocycles. The maximum atomic E-state index is 12.8. The van der Waals surface area contributed by atoms with Gasteiger partial charge >= 0.3 is 7.60 Å². The van der Waals surface area contributed by atoms with E-state index in [0.717, 1.165) is 10.9 Å². The summed E-state index contributed by atoms with van der Waals surface area (Å²) in [6.07, 6.45) is 0. The summed E-state index contributed by atoms with van der Waals surface area (Å²) in [5, 5.41) is 13.3. The lowest BCUT2D eigenvalue weighted by molar-refractivity contribution is 0.229. The van der Waals surface area contributed by atoms with Crippen molar-refractivity contribution in [3.63, 3.8) is 0 Å². The number of anilines is 1. The summed E-state index contributed by atoms with van der Waals surface area (Å²) in [5.41, 5.74) is 7.30. The molecule has 116 valence electrons. The lowest BCUT2D eigenvalue weighted by Gasteiger charge is -2.16. The molecule has 3 rings (SSSR count). The summed E-state index contributed by atoms with van der Waals surface area (Å²) in [6.45, 7) is 3.85. The fourth-order valence-corrected chi connectivity index (χ4v) is 3.75. The van der Waals surface area contributed by atoms with Gasteiger partial charge in [0.15, 0.2) is 11.5 Å². The van der Waals surface area contributed by atoms with Crippen molar-refractivity contribution in [2.24, 2.45) is 0 Å². The summed E-state index contributed by atoms with van der Waals surface area (Å²) in [4.78, 5) is 0. The first-order valence-corrected chi connectivity index (χ1v) is 8.44. The van der Waals surface area contributed by atoms with Crippen LogP contribution >= 0.6 is 7.60 Å². The Morgan fingerprint density at radius 1 is 1.18 bits per heavy atom. The number of rotatable bonds is 5. The number of hydrogen-bond acceptors (Lipinski definition) is 7. The van der Waals surface area contributed by atoms with Gasteiger partial charge in [0.2, 0.25) is 5.44 Å². The minimum Gasteiger partial charge on any atom is -0.381 e. The highest BCUT2D eigenvalue weighted by atomic mass is 31.2. The van der Waals surface area contributed by atoms with Gasteiger partial charge in [-0.1, -0.05) is 12.1 Å². The standard InChI is InChI=1S/C13H16N5O3P/c1-3-20-22(19,21-4-2)13-11(14)18-12(15-16-13)9-7-5-6-8-10(9)17-18/h5-8H,3-4,14H2,1-2H3. The lowest BCUT2D eigenvalue weighted by Crippen LogP contribution is -2.23. The first-order valence-electron chi connectivity index (χ1n) is 6.90. The second-order valence-electron chi connectivity index (χ2n) is 4.49. The van der Waals surface area contributed by atoms with Crippen molar-refractivity contribution >= 4 is 35.4 Å². The van der Waals surface area contributed by atoms with Gasteiger partial charge in [-0.15, -0.1) is 10.2 Å². The van der Waals surface area contributed by atoms with Gasteiger partial charge in [-0.3, -0.25) is 4.57 Å². The molecule has 0 radical (unpaired) electrons. The van der Waals surface area contributed by atoms with Crippen LogP contribution in [0.4, 0.5) is 5.82 Å². The van der Waals surface area contributed by atoms with Crippen LogP contribution in [0.2, 0.25) is 0 Å². The number of nitrogens with two attached hydrogens (primary N) is 1. The summed E-state index contributed by atoms with van der Waals surface area (Å²) >= 11 is 0. The second kappa shape index (κ2) is 5.64. The van der Waals surface area contributed by atoms with Gasteiger partial charge < -0.3 is 14.8 Å². The van der Waals surface area contributed by atoms with Crippen LogP contribution in [-0.4, -0.2) is 33.0 Å². The van der Waals surface area contributed by atoms with Crippen LogP contribution in [0.5, 0.6) is 0 Å². The highest BCUT2D eigenvalue weighted by Gasteiger charge is 2.33. The van der Waals surface area contributed by atoms with Crippen molar-refractivity contribution in [3.05, 3.63) is 24.3 Å². The van der Waals surface area contributed by atoms with E-state index in [9.17, 15) is 4.57 Å². The van der Waals surface area contributed by atoms with Gasteiger partial charge in [-0.05, 0) is 26.0 Å².